The minimum atomic E-state index is -0.324. The van der Waals surface area contributed by atoms with Crippen molar-refractivity contribution in [1.82, 2.24) is 10.6 Å². The number of anilines is 1. The lowest BCUT2D eigenvalue weighted by Gasteiger charge is -2.14. The van der Waals surface area contributed by atoms with E-state index in [2.05, 4.69) is 16.0 Å². The first-order valence-electron chi connectivity index (χ1n) is 6.03. The molecule has 0 spiro atoms. The molecule has 5 nitrogen and oxygen atoms in total. The summed E-state index contributed by atoms with van der Waals surface area (Å²) in [7, 11) is 1.58. The standard InChI is InChI=1S/C13H17N3O2/c1-14-12(17)8-15-11-7-6-9-4-2-3-5-10(9)16-13(11)18/h2-5,11,15H,6-8H2,1H3,(H,14,17)(H,16,18). The molecule has 2 amide bonds. The van der Waals surface area contributed by atoms with E-state index in [1.807, 2.05) is 24.3 Å². The highest BCUT2D eigenvalue weighted by Crippen LogP contribution is 2.21. The van der Waals surface area contributed by atoms with Crippen LogP contribution in [0.3, 0.4) is 0 Å². The quantitative estimate of drug-likeness (QED) is 0.718. The van der Waals surface area contributed by atoms with E-state index in [1.165, 1.54) is 0 Å². The van der Waals surface area contributed by atoms with E-state index in [-0.39, 0.29) is 24.4 Å². The van der Waals surface area contributed by atoms with Crippen molar-refractivity contribution in [3.8, 4) is 0 Å². The Bertz CT molecular complexity index is 459. The topological polar surface area (TPSA) is 70.2 Å². The molecule has 0 saturated carbocycles. The summed E-state index contributed by atoms with van der Waals surface area (Å²) in [6.07, 6.45) is 1.51. The molecule has 2 rings (SSSR count). The number of hydrogen-bond donors (Lipinski definition) is 3. The van der Waals surface area contributed by atoms with Crippen molar-refractivity contribution in [2.75, 3.05) is 18.9 Å². The molecule has 3 N–H and O–H groups in total. The second-order valence-electron chi connectivity index (χ2n) is 4.29. The number of nitrogens with one attached hydrogen (secondary N) is 3. The Kier molecular flexibility index (Phi) is 3.94. The number of carbonyl (C=O) groups is 2. The molecular formula is C13H17N3O2. The molecule has 18 heavy (non-hydrogen) atoms. The normalized spacial score (nSPS) is 18.5. The third-order valence-corrected chi connectivity index (χ3v) is 3.08. The summed E-state index contributed by atoms with van der Waals surface area (Å²) < 4.78 is 0. The largest absolute Gasteiger partial charge is 0.358 e. The first-order chi connectivity index (χ1) is 8.70. The zero-order valence-corrected chi connectivity index (χ0v) is 10.3. The lowest BCUT2D eigenvalue weighted by Crippen LogP contribution is -2.44. The molecular weight excluding hydrogens is 230 g/mol. The third kappa shape index (κ3) is 2.87. The van der Waals surface area contributed by atoms with E-state index in [9.17, 15) is 9.59 Å². The van der Waals surface area contributed by atoms with Crippen LogP contribution in [0.5, 0.6) is 0 Å². The highest BCUT2D eigenvalue weighted by Gasteiger charge is 2.23. The second-order valence-corrected chi connectivity index (χ2v) is 4.29. The molecule has 5 heteroatoms. The van der Waals surface area contributed by atoms with E-state index in [1.54, 1.807) is 7.05 Å². The Morgan fingerprint density at radius 1 is 1.44 bits per heavy atom. The van der Waals surface area contributed by atoms with Crippen molar-refractivity contribution in [1.29, 1.82) is 0 Å². The van der Waals surface area contributed by atoms with Crippen LogP contribution in [0.2, 0.25) is 0 Å². The van der Waals surface area contributed by atoms with Crippen LogP contribution in [0.25, 0.3) is 0 Å². The Hall–Kier alpha value is -1.88. The van der Waals surface area contributed by atoms with Crippen molar-refractivity contribution in [3.05, 3.63) is 29.8 Å². The lowest BCUT2D eigenvalue weighted by molar-refractivity contribution is -0.120. The van der Waals surface area contributed by atoms with E-state index in [0.29, 0.717) is 6.42 Å². The molecule has 0 aliphatic carbocycles. The zero-order valence-electron chi connectivity index (χ0n) is 10.3. The van der Waals surface area contributed by atoms with Gasteiger partial charge in [0.2, 0.25) is 11.8 Å². The number of fused-ring (bicyclic) bond motifs is 1. The molecule has 1 atom stereocenters. The molecule has 0 aromatic heterocycles. The number of rotatable bonds is 3. The summed E-state index contributed by atoms with van der Waals surface area (Å²) in [4.78, 5) is 23.1. The van der Waals surface area contributed by atoms with E-state index in [0.717, 1.165) is 17.7 Å². The summed E-state index contributed by atoms with van der Waals surface area (Å²) in [6, 6.07) is 7.45. The van der Waals surface area contributed by atoms with Gasteiger partial charge in [-0.3, -0.25) is 14.9 Å². The van der Waals surface area contributed by atoms with E-state index in [4.69, 9.17) is 0 Å². The SMILES string of the molecule is CNC(=O)CNC1CCc2ccccc2NC1=O. The number of para-hydroxylation sites is 1. The average molecular weight is 247 g/mol. The van der Waals surface area contributed by atoms with Crippen molar-refractivity contribution in [3.63, 3.8) is 0 Å². The molecule has 1 aromatic rings. The van der Waals surface area contributed by atoms with Crippen LogP contribution in [0, 0.1) is 0 Å². The fourth-order valence-electron chi connectivity index (χ4n) is 2.01. The molecule has 1 heterocycles. The fraction of sp³-hybridized carbons (Fsp3) is 0.385. The molecule has 96 valence electrons. The average Bonchev–Trinajstić information content (AvgIpc) is 2.54. The number of aryl methyl sites for hydroxylation is 1. The highest BCUT2D eigenvalue weighted by molar-refractivity contribution is 5.96. The van der Waals surface area contributed by atoms with Crippen molar-refractivity contribution in [2.24, 2.45) is 0 Å². The van der Waals surface area contributed by atoms with Crippen molar-refractivity contribution in [2.45, 2.75) is 18.9 Å². The van der Waals surface area contributed by atoms with Crippen molar-refractivity contribution >= 4 is 17.5 Å². The van der Waals surface area contributed by atoms with Crippen LogP contribution >= 0.6 is 0 Å². The van der Waals surface area contributed by atoms with Gasteiger partial charge in [0.15, 0.2) is 0 Å². The maximum absolute atomic E-state index is 12.0. The van der Waals surface area contributed by atoms with Gasteiger partial charge < -0.3 is 10.6 Å². The number of carbonyl (C=O) groups excluding carboxylic acids is 2. The van der Waals surface area contributed by atoms with Gasteiger partial charge >= 0.3 is 0 Å². The highest BCUT2D eigenvalue weighted by atomic mass is 16.2. The van der Waals surface area contributed by atoms with E-state index < -0.39 is 0 Å². The zero-order chi connectivity index (χ0) is 13.0. The number of amides is 2. The second kappa shape index (κ2) is 5.64. The number of likely N-dealkylation sites (N-methyl/N-ethyl adjacent to an activating group) is 1. The predicted octanol–water partition coefficient (Wildman–Crippen LogP) is 0.275. The lowest BCUT2D eigenvalue weighted by atomic mass is 10.1. The first kappa shape index (κ1) is 12.6. The summed E-state index contributed by atoms with van der Waals surface area (Å²) >= 11 is 0. The maximum atomic E-state index is 12.0. The van der Waals surface area contributed by atoms with Gasteiger partial charge in [0.1, 0.15) is 0 Å². The molecule has 0 fully saturated rings. The Balaban J connectivity index is 2.01. The molecule has 1 aliphatic rings. The van der Waals surface area contributed by atoms with Gasteiger partial charge in [-0.15, -0.1) is 0 Å². The van der Waals surface area contributed by atoms with Gasteiger partial charge in [-0.1, -0.05) is 18.2 Å². The summed E-state index contributed by atoms with van der Waals surface area (Å²) in [5, 5.41) is 8.37. The smallest absolute Gasteiger partial charge is 0.241 e. The van der Waals surface area contributed by atoms with Gasteiger partial charge in [0.25, 0.3) is 0 Å². The van der Waals surface area contributed by atoms with Gasteiger partial charge in [0.05, 0.1) is 12.6 Å². The maximum Gasteiger partial charge on any atom is 0.241 e. The Labute approximate surface area is 106 Å². The van der Waals surface area contributed by atoms with Gasteiger partial charge in [0, 0.05) is 12.7 Å². The molecule has 0 radical (unpaired) electrons. The third-order valence-electron chi connectivity index (χ3n) is 3.08. The molecule has 0 saturated heterocycles. The summed E-state index contributed by atoms with van der Waals surface area (Å²) in [5.74, 6) is -0.201. The van der Waals surface area contributed by atoms with Crippen molar-refractivity contribution < 1.29 is 9.59 Å². The monoisotopic (exact) mass is 247 g/mol. The van der Waals surface area contributed by atoms with Crippen LogP contribution in [0.4, 0.5) is 5.69 Å². The molecule has 0 bridgehead atoms. The van der Waals surface area contributed by atoms with Gasteiger partial charge in [-0.05, 0) is 24.5 Å². The van der Waals surface area contributed by atoms with E-state index >= 15 is 0 Å². The Morgan fingerprint density at radius 2 is 2.22 bits per heavy atom. The summed E-state index contributed by atoms with van der Waals surface area (Å²) in [5.41, 5.74) is 2.00. The molecule has 1 aromatic carbocycles. The summed E-state index contributed by atoms with van der Waals surface area (Å²) in [6.45, 7) is 0.158. The Morgan fingerprint density at radius 3 is 3.00 bits per heavy atom. The van der Waals surface area contributed by atoms with Crippen LogP contribution in [0.1, 0.15) is 12.0 Å². The molecule has 1 aliphatic heterocycles. The van der Waals surface area contributed by atoms with Crippen LogP contribution in [-0.4, -0.2) is 31.4 Å². The van der Waals surface area contributed by atoms with Gasteiger partial charge in [-0.2, -0.15) is 0 Å². The minimum absolute atomic E-state index is 0.0798. The van der Waals surface area contributed by atoms with Crippen LogP contribution in [0.15, 0.2) is 24.3 Å². The number of hydrogen-bond acceptors (Lipinski definition) is 3. The van der Waals surface area contributed by atoms with Gasteiger partial charge in [-0.25, -0.2) is 0 Å². The fourth-order valence-corrected chi connectivity index (χ4v) is 2.01. The predicted molar refractivity (Wildman–Crippen MR) is 69.3 cm³/mol. The van der Waals surface area contributed by atoms with Crippen LogP contribution in [-0.2, 0) is 16.0 Å². The molecule has 1 unspecified atom stereocenters. The number of benzene rings is 1. The first-order valence-corrected chi connectivity index (χ1v) is 6.03. The minimum Gasteiger partial charge on any atom is -0.358 e. The van der Waals surface area contributed by atoms with Crippen LogP contribution < -0.4 is 16.0 Å².